The zero-order valence-corrected chi connectivity index (χ0v) is 11.8. The van der Waals surface area contributed by atoms with E-state index in [4.69, 9.17) is 10.8 Å². The van der Waals surface area contributed by atoms with Crippen LogP contribution in [0, 0.1) is 11.8 Å². The molecular formula is C14H21N3O3. The maximum absolute atomic E-state index is 11.9. The molecule has 1 heterocycles. The fourth-order valence-corrected chi connectivity index (χ4v) is 2.02. The Kier molecular flexibility index (Phi) is 5.96. The Labute approximate surface area is 118 Å². The van der Waals surface area contributed by atoms with Crippen molar-refractivity contribution >= 4 is 17.6 Å². The quantitative estimate of drug-likeness (QED) is 0.702. The van der Waals surface area contributed by atoms with Crippen molar-refractivity contribution in [2.75, 3.05) is 12.3 Å². The maximum Gasteiger partial charge on any atom is 0.303 e. The number of carboxylic acid groups (broad SMARTS) is 1. The van der Waals surface area contributed by atoms with E-state index >= 15 is 0 Å². The molecule has 0 fully saturated rings. The molecule has 0 radical (unpaired) electrons. The van der Waals surface area contributed by atoms with Crippen LogP contribution in [0.3, 0.4) is 0 Å². The summed E-state index contributed by atoms with van der Waals surface area (Å²) < 4.78 is 0. The highest BCUT2D eigenvalue weighted by Gasteiger charge is 2.16. The van der Waals surface area contributed by atoms with E-state index in [1.165, 1.54) is 6.20 Å². The summed E-state index contributed by atoms with van der Waals surface area (Å²) in [6.07, 6.45) is 2.22. The van der Waals surface area contributed by atoms with E-state index in [2.05, 4.69) is 10.3 Å². The Hall–Kier alpha value is -2.11. The van der Waals surface area contributed by atoms with Gasteiger partial charge in [0.15, 0.2) is 0 Å². The molecule has 1 atom stereocenters. The van der Waals surface area contributed by atoms with Gasteiger partial charge in [-0.3, -0.25) is 9.59 Å². The van der Waals surface area contributed by atoms with Crippen LogP contribution in [0.4, 0.5) is 5.69 Å². The first kappa shape index (κ1) is 15.9. The number of nitrogens with zero attached hydrogens (tertiary/aromatic N) is 1. The molecular weight excluding hydrogens is 258 g/mol. The molecule has 0 saturated carbocycles. The topological polar surface area (TPSA) is 105 Å². The first-order valence-corrected chi connectivity index (χ1v) is 6.60. The van der Waals surface area contributed by atoms with Crippen LogP contribution >= 0.6 is 0 Å². The molecule has 1 aromatic heterocycles. The molecule has 0 aliphatic rings. The summed E-state index contributed by atoms with van der Waals surface area (Å²) >= 11 is 0. The molecule has 110 valence electrons. The Bertz CT molecular complexity index is 457. The Morgan fingerprint density at radius 3 is 2.60 bits per heavy atom. The van der Waals surface area contributed by atoms with Crippen molar-refractivity contribution in [3.63, 3.8) is 0 Å². The van der Waals surface area contributed by atoms with Crippen molar-refractivity contribution in [3.05, 3.63) is 24.0 Å². The van der Waals surface area contributed by atoms with Crippen LogP contribution in [0.2, 0.25) is 0 Å². The van der Waals surface area contributed by atoms with Gasteiger partial charge in [0.1, 0.15) is 5.69 Å². The van der Waals surface area contributed by atoms with E-state index in [9.17, 15) is 9.59 Å². The van der Waals surface area contributed by atoms with E-state index in [0.29, 0.717) is 18.2 Å². The van der Waals surface area contributed by atoms with Crippen LogP contribution in [0.1, 0.15) is 37.2 Å². The number of carbonyl (C=O) groups excluding carboxylic acids is 1. The van der Waals surface area contributed by atoms with Crippen molar-refractivity contribution < 1.29 is 14.7 Å². The standard InChI is InChI=1S/C14H21N3O3/c1-9(2)5-10(6-13(18)19)7-17-14(20)12-4-3-11(15)8-16-12/h3-4,8-10H,5-7,15H2,1-2H3,(H,17,20)(H,18,19). The van der Waals surface area contributed by atoms with Gasteiger partial charge < -0.3 is 16.2 Å². The van der Waals surface area contributed by atoms with Gasteiger partial charge in [0.05, 0.1) is 11.9 Å². The van der Waals surface area contributed by atoms with Crippen molar-refractivity contribution in [2.45, 2.75) is 26.7 Å². The lowest BCUT2D eigenvalue weighted by atomic mass is 9.94. The minimum Gasteiger partial charge on any atom is -0.481 e. The average molecular weight is 279 g/mol. The zero-order valence-electron chi connectivity index (χ0n) is 11.8. The monoisotopic (exact) mass is 279 g/mol. The van der Waals surface area contributed by atoms with Crippen molar-refractivity contribution in [3.8, 4) is 0 Å². The van der Waals surface area contributed by atoms with Gasteiger partial charge in [0.2, 0.25) is 0 Å². The highest BCUT2D eigenvalue weighted by molar-refractivity contribution is 5.92. The molecule has 1 unspecified atom stereocenters. The predicted molar refractivity (Wildman–Crippen MR) is 76.2 cm³/mol. The van der Waals surface area contributed by atoms with Crippen LogP contribution in [-0.2, 0) is 4.79 Å². The molecule has 1 rings (SSSR count). The predicted octanol–water partition coefficient (Wildman–Crippen LogP) is 1.53. The molecule has 0 aliphatic carbocycles. The van der Waals surface area contributed by atoms with Crippen LogP contribution in [0.15, 0.2) is 18.3 Å². The summed E-state index contributed by atoms with van der Waals surface area (Å²) in [5.74, 6) is -0.865. The third kappa shape index (κ3) is 5.69. The number of nitrogen functional groups attached to an aromatic ring is 1. The van der Waals surface area contributed by atoms with E-state index in [-0.39, 0.29) is 23.9 Å². The van der Waals surface area contributed by atoms with Crippen molar-refractivity contribution in [1.82, 2.24) is 10.3 Å². The Balaban J connectivity index is 2.55. The van der Waals surface area contributed by atoms with Gasteiger partial charge in [-0.05, 0) is 30.4 Å². The van der Waals surface area contributed by atoms with Crippen LogP contribution in [-0.4, -0.2) is 28.5 Å². The van der Waals surface area contributed by atoms with E-state index in [1.54, 1.807) is 12.1 Å². The normalized spacial score (nSPS) is 12.2. The van der Waals surface area contributed by atoms with E-state index in [1.807, 2.05) is 13.8 Å². The maximum atomic E-state index is 11.9. The summed E-state index contributed by atoms with van der Waals surface area (Å²) in [6.45, 7) is 4.38. The molecule has 0 aliphatic heterocycles. The highest BCUT2D eigenvalue weighted by Crippen LogP contribution is 2.15. The lowest BCUT2D eigenvalue weighted by Gasteiger charge is -2.17. The SMILES string of the molecule is CC(C)CC(CNC(=O)c1ccc(N)cn1)CC(=O)O. The number of nitrogens with two attached hydrogens (primary N) is 1. The van der Waals surface area contributed by atoms with Crippen LogP contribution < -0.4 is 11.1 Å². The van der Waals surface area contributed by atoms with Gasteiger partial charge >= 0.3 is 5.97 Å². The molecule has 0 spiro atoms. The highest BCUT2D eigenvalue weighted by atomic mass is 16.4. The van der Waals surface area contributed by atoms with Crippen LogP contribution in [0.25, 0.3) is 0 Å². The number of nitrogens with one attached hydrogen (secondary N) is 1. The number of carboxylic acids is 1. The number of anilines is 1. The summed E-state index contributed by atoms with van der Waals surface area (Å²) in [5.41, 5.74) is 6.27. The van der Waals surface area contributed by atoms with Gasteiger partial charge in [0.25, 0.3) is 5.91 Å². The zero-order chi connectivity index (χ0) is 15.1. The van der Waals surface area contributed by atoms with Gasteiger partial charge in [-0.25, -0.2) is 4.98 Å². The van der Waals surface area contributed by atoms with Gasteiger partial charge in [-0.1, -0.05) is 13.8 Å². The molecule has 20 heavy (non-hydrogen) atoms. The largest absolute Gasteiger partial charge is 0.481 e. The van der Waals surface area contributed by atoms with Gasteiger partial charge in [0, 0.05) is 13.0 Å². The minimum absolute atomic E-state index is 0.0492. The number of rotatable bonds is 7. The molecule has 6 nitrogen and oxygen atoms in total. The van der Waals surface area contributed by atoms with Gasteiger partial charge in [-0.2, -0.15) is 0 Å². The second kappa shape index (κ2) is 7.47. The number of amides is 1. The number of carbonyl (C=O) groups is 2. The summed E-state index contributed by atoms with van der Waals surface area (Å²) in [5, 5.41) is 11.6. The number of pyridine rings is 1. The molecule has 1 amide bonds. The Morgan fingerprint density at radius 2 is 2.10 bits per heavy atom. The molecule has 4 N–H and O–H groups in total. The third-order valence-corrected chi connectivity index (χ3v) is 2.84. The number of aliphatic carboxylic acids is 1. The summed E-state index contributed by atoms with van der Waals surface area (Å²) in [6, 6.07) is 3.14. The fraction of sp³-hybridized carbons (Fsp3) is 0.500. The van der Waals surface area contributed by atoms with E-state index < -0.39 is 5.97 Å². The number of hydrogen-bond acceptors (Lipinski definition) is 4. The second-order valence-electron chi connectivity index (χ2n) is 5.28. The fourth-order valence-electron chi connectivity index (χ4n) is 2.02. The lowest BCUT2D eigenvalue weighted by Crippen LogP contribution is -2.31. The number of aromatic nitrogens is 1. The first-order chi connectivity index (χ1) is 9.38. The van der Waals surface area contributed by atoms with Crippen molar-refractivity contribution in [2.24, 2.45) is 11.8 Å². The van der Waals surface area contributed by atoms with Gasteiger partial charge in [-0.15, -0.1) is 0 Å². The average Bonchev–Trinajstić information content (AvgIpc) is 2.35. The Morgan fingerprint density at radius 1 is 1.40 bits per heavy atom. The lowest BCUT2D eigenvalue weighted by molar-refractivity contribution is -0.138. The third-order valence-electron chi connectivity index (χ3n) is 2.84. The second-order valence-corrected chi connectivity index (χ2v) is 5.28. The molecule has 0 saturated heterocycles. The molecule has 0 bridgehead atoms. The smallest absolute Gasteiger partial charge is 0.303 e. The molecule has 0 aromatic carbocycles. The number of hydrogen-bond donors (Lipinski definition) is 3. The summed E-state index contributed by atoms with van der Waals surface area (Å²) in [7, 11) is 0. The molecule has 6 heteroatoms. The van der Waals surface area contributed by atoms with Crippen LogP contribution in [0.5, 0.6) is 0 Å². The first-order valence-electron chi connectivity index (χ1n) is 6.60. The van der Waals surface area contributed by atoms with Crippen molar-refractivity contribution in [1.29, 1.82) is 0 Å². The summed E-state index contributed by atoms with van der Waals surface area (Å²) in [4.78, 5) is 26.6. The molecule has 1 aromatic rings. The minimum atomic E-state index is -0.851. The van der Waals surface area contributed by atoms with E-state index in [0.717, 1.165) is 6.42 Å².